The van der Waals surface area contributed by atoms with Crippen molar-refractivity contribution in [1.82, 2.24) is 4.57 Å². The van der Waals surface area contributed by atoms with Crippen molar-refractivity contribution in [2.24, 2.45) is 0 Å². The van der Waals surface area contributed by atoms with Crippen LogP contribution in [0.5, 0.6) is 5.75 Å². The number of aromatic hydroxyl groups is 1. The van der Waals surface area contributed by atoms with E-state index < -0.39 is 30.2 Å². The van der Waals surface area contributed by atoms with Crippen molar-refractivity contribution in [1.29, 1.82) is 0 Å². The van der Waals surface area contributed by atoms with Gasteiger partial charge >= 0.3 is 6.18 Å². The maximum Gasteiger partial charge on any atom is 0.418 e. The number of hydrogen-bond acceptors (Lipinski definition) is 4. The van der Waals surface area contributed by atoms with Gasteiger partial charge in [0.25, 0.3) is 0 Å². The first-order chi connectivity index (χ1) is 13.4. The Bertz CT molecular complexity index is 1100. The van der Waals surface area contributed by atoms with Crippen LogP contribution in [0.25, 0.3) is 10.2 Å². The highest BCUT2D eigenvalue weighted by Gasteiger charge is 2.56. The molecule has 1 atom stereocenters. The summed E-state index contributed by atoms with van der Waals surface area (Å²) in [5, 5.41) is 22.8. The van der Waals surface area contributed by atoms with E-state index in [9.17, 15) is 28.2 Å². The standard InChI is InChI=1S/C21H22F3NO3S/c1-13-5-4-6-14(17(13)27)19(2,3)11-20(28,21(22,23)24)12-25-9-7-16(26)18-15(25)8-10-29-18/h4-10,27-28H,11-12H2,1-3H3. The van der Waals surface area contributed by atoms with Gasteiger partial charge in [0.05, 0.1) is 16.8 Å². The molecule has 0 saturated heterocycles. The van der Waals surface area contributed by atoms with Gasteiger partial charge in [0.2, 0.25) is 0 Å². The average Bonchev–Trinajstić information content (AvgIpc) is 3.09. The number of aliphatic hydroxyl groups is 1. The van der Waals surface area contributed by atoms with Crippen LogP contribution >= 0.6 is 11.3 Å². The summed E-state index contributed by atoms with van der Waals surface area (Å²) in [6, 6.07) is 7.66. The molecule has 2 aromatic heterocycles. The van der Waals surface area contributed by atoms with Gasteiger partial charge in [-0.15, -0.1) is 11.3 Å². The average molecular weight is 425 g/mol. The predicted molar refractivity (Wildman–Crippen MR) is 108 cm³/mol. The summed E-state index contributed by atoms with van der Waals surface area (Å²) >= 11 is 1.15. The number of phenols is 1. The SMILES string of the molecule is Cc1cccc(C(C)(C)CC(O)(Cn2ccc(=O)c3sccc32)C(F)(F)F)c1O. The first-order valence-electron chi connectivity index (χ1n) is 9.00. The summed E-state index contributed by atoms with van der Waals surface area (Å²) in [5.41, 5.74) is -3.29. The molecular formula is C21H22F3NO3S. The van der Waals surface area contributed by atoms with Crippen LogP contribution in [0.4, 0.5) is 13.2 Å². The maximum absolute atomic E-state index is 14.0. The molecule has 2 heterocycles. The largest absolute Gasteiger partial charge is 0.507 e. The Hall–Kier alpha value is -2.32. The number of halogens is 3. The highest BCUT2D eigenvalue weighted by atomic mass is 32.1. The minimum Gasteiger partial charge on any atom is -0.507 e. The van der Waals surface area contributed by atoms with Crippen LogP contribution in [0.15, 0.2) is 46.7 Å². The zero-order valence-corrected chi connectivity index (χ0v) is 17.1. The molecule has 4 nitrogen and oxygen atoms in total. The van der Waals surface area contributed by atoms with Gasteiger partial charge in [-0.25, -0.2) is 0 Å². The van der Waals surface area contributed by atoms with Crippen LogP contribution < -0.4 is 5.43 Å². The molecule has 156 valence electrons. The third-order valence-corrected chi connectivity index (χ3v) is 6.16. The van der Waals surface area contributed by atoms with Gasteiger partial charge in [-0.3, -0.25) is 4.79 Å². The number of nitrogens with zero attached hydrogens (tertiary/aromatic N) is 1. The molecule has 0 fully saturated rings. The van der Waals surface area contributed by atoms with E-state index in [1.807, 2.05) is 0 Å². The minimum atomic E-state index is -4.92. The molecular weight excluding hydrogens is 403 g/mol. The number of aryl methyl sites for hydroxylation is 1. The molecule has 8 heteroatoms. The Morgan fingerprint density at radius 1 is 1.14 bits per heavy atom. The molecule has 0 bridgehead atoms. The summed E-state index contributed by atoms with van der Waals surface area (Å²) in [4.78, 5) is 11.9. The smallest absolute Gasteiger partial charge is 0.418 e. The zero-order chi connectivity index (χ0) is 21.6. The van der Waals surface area contributed by atoms with Crippen molar-refractivity contribution >= 4 is 21.6 Å². The second kappa shape index (κ2) is 7.18. The monoisotopic (exact) mass is 425 g/mol. The molecule has 0 aliphatic rings. The molecule has 29 heavy (non-hydrogen) atoms. The summed E-state index contributed by atoms with van der Waals surface area (Å²) in [6.45, 7) is 4.02. The van der Waals surface area contributed by atoms with Gasteiger partial charge in [0.1, 0.15) is 5.75 Å². The van der Waals surface area contributed by atoms with Crippen molar-refractivity contribution in [2.45, 2.75) is 50.9 Å². The lowest BCUT2D eigenvalue weighted by molar-refractivity contribution is -0.271. The number of para-hydroxylation sites is 1. The first-order valence-corrected chi connectivity index (χ1v) is 9.88. The molecule has 0 aliphatic carbocycles. The van der Waals surface area contributed by atoms with E-state index in [0.29, 0.717) is 21.3 Å². The van der Waals surface area contributed by atoms with Gasteiger partial charge in [-0.2, -0.15) is 13.2 Å². The fraction of sp³-hybridized carbons (Fsp3) is 0.381. The fourth-order valence-electron chi connectivity index (χ4n) is 3.72. The Morgan fingerprint density at radius 3 is 2.48 bits per heavy atom. The quantitative estimate of drug-likeness (QED) is 0.621. The number of rotatable bonds is 5. The normalized spacial score (nSPS) is 14.9. The Kier molecular flexibility index (Phi) is 5.29. The van der Waals surface area contributed by atoms with Crippen molar-refractivity contribution < 1.29 is 23.4 Å². The molecule has 2 N–H and O–H groups in total. The van der Waals surface area contributed by atoms with Crippen LogP contribution in [0.3, 0.4) is 0 Å². The number of pyridine rings is 1. The van der Waals surface area contributed by atoms with Gasteiger partial charge in [-0.1, -0.05) is 32.0 Å². The van der Waals surface area contributed by atoms with Crippen LogP contribution in [-0.2, 0) is 12.0 Å². The van der Waals surface area contributed by atoms with Gasteiger partial charge in [0, 0.05) is 12.3 Å². The van der Waals surface area contributed by atoms with Crippen LogP contribution in [-0.4, -0.2) is 26.6 Å². The van der Waals surface area contributed by atoms with E-state index in [0.717, 1.165) is 11.3 Å². The second-order valence-corrected chi connectivity index (χ2v) is 8.92. The number of fused-ring (bicyclic) bond motifs is 1. The maximum atomic E-state index is 14.0. The Morgan fingerprint density at radius 2 is 1.83 bits per heavy atom. The van der Waals surface area contributed by atoms with Gasteiger partial charge < -0.3 is 14.8 Å². The van der Waals surface area contributed by atoms with Gasteiger partial charge in [-0.05, 0) is 41.3 Å². The molecule has 3 aromatic rings. The van der Waals surface area contributed by atoms with E-state index >= 15 is 0 Å². The lowest BCUT2D eigenvalue weighted by Gasteiger charge is -2.38. The third-order valence-electron chi connectivity index (χ3n) is 5.24. The summed E-state index contributed by atoms with van der Waals surface area (Å²) in [7, 11) is 0. The molecule has 0 saturated carbocycles. The zero-order valence-electron chi connectivity index (χ0n) is 16.2. The fourth-order valence-corrected chi connectivity index (χ4v) is 4.55. The third kappa shape index (κ3) is 3.91. The van der Waals surface area contributed by atoms with E-state index in [1.54, 1.807) is 50.4 Å². The summed E-state index contributed by atoms with van der Waals surface area (Å²) in [5.74, 6) is -0.0781. The van der Waals surface area contributed by atoms with Crippen molar-refractivity contribution in [3.63, 3.8) is 0 Å². The number of hydrogen-bond donors (Lipinski definition) is 2. The molecule has 0 amide bonds. The molecule has 3 rings (SSSR count). The number of thiophene rings is 1. The number of alkyl halides is 3. The Labute approximate surface area is 169 Å². The number of aromatic nitrogens is 1. The van der Waals surface area contributed by atoms with E-state index in [4.69, 9.17) is 0 Å². The molecule has 0 radical (unpaired) electrons. The summed E-state index contributed by atoms with van der Waals surface area (Å²) in [6.07, 6.45) is -4.32. The predicted octanol–water partition coefficient (Wildman–Crippen LogP) is 4.74. The van der Waals surface area contributed by atoms with E-state index in [1.165, 1.54) is 16.8 Å². The molecule has 1 unspecified atom stereocenters. The number of benzene rings is 1. The van der Waals surface area contributed by atoms with Gasteiger partial charge in [0.15, 0.2) is 11.0 Å². The van der Waals surface area contributed by atoms with Crippen molar-refractivity contribution in [3.05, 3.63) is 63.3 Å². The topological polar surface area (TPSA) is 62.5 Å². The Balaban J connectivity index is 2.05. The summed E-state index contributed by atoms with van der Waals surface area (Å²) < 4.78 is 43.7. The van der Waals surface area contributed by atoms with Crippen LogP contribution in [0.1, 0.15) is 31.4 Å². The first kappa shape index (κ1) is 21.4. The van der Waals surface area contributed by atoms with Crippen LogP contribution in [0, 0.1) is 6.92 Å². The van der Waals surface area contributed by atoms with Crippen LogP contribution in [0.2, 0.25) is 0 Å². The highest BCUT2D eigenvalue weighted by molar-refractivity contribution is 7.17. The molecule has 1 aromatic carbocycles. The van der Waals surface area contributed by atoms with Crippen molar-refractivity contribution in [2.75, 3.05) is 0 Å². The molecule has 0 spiro atoms. The molecule has 0 aliphatic heterocycles. The van der Waals surface area contributed by atoms with E-state index in [-0.39, 0.29) is 11.2 Å². The second-order valence-electron chi connectivity index (χ2n) is 8.00. The lowest BCUT2D eigenvalue weighted by atomic mass is 9.74. The minimum absolute atomic E-state index is 0.0781. The number of phenolic OH excluding ortho intramolecular Hbond substituents is 1. The lowest BCUT2D eigenvalue weighted by Crippen LogP contribution is -2.52. The van der Waals surface area contributed by atoms with E-state index in [2.05, 4.69) is 0 Å². The van der Waals surface area contributed by atoms with Crippen molar-refractivity contribution in [3.8, 4) is 5.75 Å². The highest BCUT2D eigenvalue weighted by Crippen LogP contribution is 2.44.